The van der Waals surface area contributed by atoms with E-state index >= 15 is 0 Å². The van der Waals surface area contributed by atoms with Gasteiger partial charge in [-0.25, -0.2) is 0 Å². The van der Waals surface area contributed by atoms with E-state index in [4.69, 9.17) is 5.73 Å². The molecule has 0 aromatic heterocycles. The summed E-state index contributed by atoms with van der Waals surface area (Å²) in [4.78, 5) is 22.9. The van der Waals surface area contributed by atoms with Crippen LogP contribution in [-0.4, -0.2) is 17.9 Å². The van der Waals surface area contributed by atoms with E-state index in [0.29, 0.717) is 17.2 Å². The summed E-state index contributed by atoms with van der Waals surface area (Å²) in [7, 11) is 0. The van der Waals surface area contributed by atoms with Gasteiger partial charge in [0.1, 0.15) is 0 Å². The van der Waals surface area contributed by atoms with E-state index in [9.17, 15) is 9.59 Å². The van der Waals surface area contributed by atoms with Crippen LogP contribution in [0.2, 0.25) is 0 Å². The summed E-state index contributed by atoms with van der Waals surface area (Å²) in [5.74, 6) is -0.549. The molecule has 3 N–H and O–H groups in total. The molecule has 96 valence electrons. The first-order valence-electron chi connectivity index (χ1n) is 6.37. The number of primary amides is 1. The van der Waals surface area contributed by atoms with Crippen molar-refractivity contribution < 1.29 is 9.59 Å². The van der Waals surface area contributed by atoms with Crippen LogP contribution in [0.1, 0.15) is 52.8 Å². The highest BCUT2D eigenvalue weighted by Gasteiger charge is 2.16. The lowest BCUT2D eigenvalue weighted by atomic mass is 9.95. The SMILES string of the molecule is NC(=O)c1ccc(C(=O)NC2CCCCC2)cc1. The first-order valence-corrected chi connectivity index (χ1v) is 6.37. The molecule has 4 heteroatoms. The summed E-state index contributed by atoms with van der Waals surface area (Å²) >= 11 is 0. The zero-order chi connectivity index (χ0) is 13.0. The number of nitrogens with two attached hydrogens (primary N) is 1. The minimum Gasteiger partial charge on any atom is -0.366 e. The van der Waals surface area contributed by atoms with Crippen molar-refractivity contribution in [3.8, 4) is 0 Å². The van der Waals surface area contributed by atoms with Gasteiger partial charge in [0.25, 0.3) is 5.91 Å². The molecule has 2 rings (SSSR count). The van der Waals surface area contributed by atoms with E-state index in [2.05, 4.69) is 5.32 Å². The molecule has 0 bridgehead atoms. The number of carbonyl (C=O) groups is 2. The third-order valence-corrected chi connectivity index (χ3v) is 3.37. The van der Waals surface area contributed by atoms with E-state index in [1.807, 2.05) is 0 Å². The van der Waals surface area contributed by atoms with E-state index in [0.717, 1.165) is 12.8 Å². The van der Waals surface area contributed by atoms with Crippen LogP contribution < -0.4 is 11.1 Å². The molecule has 18 heavy (non-hydrogen) atoms. The third-order valence-electron chi connectivity index (χ3n) is 3.37. The lowest BCUT2D eigenvalue weighted by Crippen LogP contribution is -2.36. The van der Waals surface area contributed by atoms with Crippen LogP contribution in [0.15, 0.2) is 24.3 Å². The number of amides is 2. The summed E-state index contributed by atoms with van der Waals surface area (Å²) in [5.41, 5.74) is 6.15. The van der Waals surface area contributed by atoms with E-state index < -0.39 is 5.91 Å². The Bertz CT molecular complexity index is 434. The van der Waals surface area contributed by atoms with Gasteiger partial charge < -0.3 is 11.1 Å². The standard InChI is InChI=1S/C14H18N2O2/c15-13(17)10-6-8-11(9-7-10)14(18)16-12-4-2-1-3-5-12/h6-9,12H,1-5H2,(H2,15,17)(H,16,18). The lowest BCUT2D eigenvalue weighted by Gasteiger charge is -2.22. The van der Waals surface area contributed by atoms with Gasteiger partial charge in [0.15, 0.2) is 0 Å². The van der Waals surface area contributed by atoms with Crippen molar-refractivity contribution in [2.24, 2.45) is 5.73 Å². The molecule has 0 atom stereocenters. The molecule has 0 spiro atoms. The van der Waals surface area contributed by atoms with Crippen molar-refractivity contribution in [2.45, 2.75) is 38.1 Å². The Labute approximate surface area is 107 Å². The summed E-state index contributed by atoms with van der Waals surface area (Å²) in [6.07, 6.45) is 5.76. The Morgan fingerprint density at radius 3 is 2.11 bits per heavy atom. The number of rotatable bonds is 3. The molecule has 1 aromatic carbocycles. The van der Waals surface area contributed by atoms with Crippen molar-refractivity contribution in [3.05, 3.63) is 35.4 Å². The second-order valence-corrected chi connectivity index (χ2v) is 4.75. The Morgan fingerprint density at radius 2 is 1.56 bits per heavy atom. The van der Waals surface area contributed by atoms with Gasteiger partial charge in [-0.05, 0) is 37.1 Å². The highest BCUT2D eigenvalue weighted by molar-refractivity contribution is 5.97. The maximum Gasteiger partial charge on any atom is 0.251 e. The van der Waals surface area contributed by atoms with Gasteiger partial charge in [-0.2, -0.15) is 0 Å². The van der Waals surface area contributed by atoms with Crippen molar-refractivity contribution in [3.63, 3.8) is 0 Å². The Balaban J connectivity index is 1.97. The number of benzene rings is 1. The zero-order valence-electron chi connectivity index (χ0n) is 10.3. The molecular weight excluding hydrogens is 228 g/mol. The molecule has 1 aliphatic rings. The maximum atomic E-state index is 12.0. The van der Waals surface area contributed by atoms with Crippen LogP contribution in [0.5, 0.6) is 0 Å². The van der Waals surface area contributed by atoms with Gasteiger partial charge in [-0.3, -0.25) is 9.59 Å². The topological polar surface area (TPSA) is 72.2 Å². The average Bonchev–Trinajstić information content (AvgIpc) is 2.40. The number of carbonyl (C=O) groups excluding carboxylic acids is 2. The van der Waals surface area contributed by atoms with Gasteiger partial charge >= 0.3 is 0 Å². The van der Waals surface area contributed by atoms with Crippen molar-refractivity contribution in [1.82, 2.24) is 5.32 Å². The van der Waals surface area contributed by atoms with Crippen LogP contribution in [0.25, 0.3) is 0 Å². The average molecular weight is 246 g/mol. The molecule has 0 unspecified atom stereocenters. The molecule has 1 aliphatic carbocycles. The fourth-order valence-corrected chi connectivity index (χ4v) is 2.30. The van der Waals surface area contributed by atoms with Crippen LogP contribution in [0.3, 0.4) is 0 Å². The zero-order valence-corrected chi connectivity index (χ0v) is 10.3. The summed E-state index contributed by atoms with van der Waals surface area (Å²) in [5, 5.41) is 3.03. The molecule has 1 aromatic rings. The van der Waals surface area contributed by atoms with E-state index in [1.165, 1.54) is 19.3 Å². The second kappa shape index (κ2) is 5.67. The largest absolute Gasteiger partial charge is 0.366 e. The number of hydrogen-bond acceptors (Lipinski definition) is 2. The molecule has 1 saturated carbocycles. The van der Waals surface area contributed by atoms with Gasteiger partial charge in [-0.1, -0.05) is 19.3 Å². The molecule has 1 fully saturated rings. The van der Waals surface area contributed by atoms with Gasteiger partial charge in [-0.15, -0.1) is 0 Å². The highest BCUT2D eigenvalue weighted by atomic mass is 16.2. The molecule has 2 amide bonds. The first-order chi connectivity index (χ1) is 8.66. The molecule has 0 aliphatic heterocycles. The van der Waals surface area contributed by atoms with E-state index in [-0.39, 0.29) is 5.91 Å². The Morgan fingerprint density at radius 1 is 1.00 bits per heavy atom. The first kappa shape index (κ1) is 12.6. The summed E-state index contributed by atoms with van der Waals surface area (Å²) < 4.78 is 0. The summed E-state index contributed by atoms with van der Waals surface area (Å²) in [6, 6.07) is 6.73. The van der Waals surface area contributed by atoms with Crippen molar-refractivity contribution in [1.29, 1.82) is 0 Å². The molecule has 0 saturated heterocycles. The Hall–Kier alpha value is -1.84. The normalized spacial score (nSPS) is 16.2. The van der Waals surface area contributed by atoms with Crippen LogP contribution in [0, 0.1) is 0 Å². The van der Waals surface area contributed by atoms with Gasteiger partial charge in [0, 0.05) is 17.2 Å². The van der Waals surface area contributed by atoms with Crippen molar-refractivity contribution in [2.75, 3.05) is 0 Å². The smallest absolute Gasteiger partial charge is 0.251 e. The van der Waals surface area contributed by atoms with Crippen LogP contribution >= 0.6 is 0 Å². The van der Waals surface area contributed by atoms with Crippen molar-refractivity contribution >= 4 is 11.8 Å². The minimum absolute atomic E-state index is 0.0714. The lowest BCUT2D eigenvalue weighted by molar-refractivity contribution is 0.0926. The fourth-order valence-electron chi connectivity index (χ4n) is 2.30. The second-order valence-electron chi connectivity index (χ2n) is 4.75. The number of nitrogens with one attached hydrogen (secondary N) is 1. The summed E-state index contributed by atoms with van der Waals surface area (Å²) in [6.45, 7) is 0. The third kappa shape index (κ3) is 3.09. The van der Waals surface area contributed by atoms with Gasteiger partial charge in [0.2, 0.25) is 5.91 Å². The minimum atomic E-state index is -0.478. The molecule has 0 heterocycles. The van der Waals surface area contributed by atoms with Crippen LogP contribution in [0.4, 0.5) is 0 Å². The maximum absolute atomic E-state index is 12.0. The molecule has 0 radical (unpaired) electrons. The fraction of sp³-hybridized carbons (Fsp3) is 0.429. The number of hydrogen-bond donors (Lipinski definition) is 2. The highest BCUT2D eigenvalue weighted by Crippen LogP contribution is 2.17. The van der Waals surface area contributed by atoms with Gasteiger partial charge in [0.05, 0.1) is 0 Å². The monoisotopic (exact) mass is 246 g/mol. The van der Waals surface area contributed by atoms with E-state index in [1.54, 1.807) is 24.3 Å². The Kier molecular flexibility index (Phi) is 3.97. The predicted molar refractivity (Wildman–Crippen MR) is 69.3 cm³/mol. The quantitative estimate of drug-likeness (QED) is 0.854. The van der Waals surface area contributed by atoms with Crippen LogP contribution in [-0.2, 0) is 0 Å². The molecule has 4 nitrogen and oxygen atoms in total. The molecular formula is C14H18N2O2. The predicted octanol–water partition coefficient (Wildman–Crippen LogP) is 1.85.